The van der Waals surface area contributed by atoms with Crippen LogP contribution in [0.25, 0.3) is 17.4 Å². The Bertz CT molecular complexity index is 995. The van der Waals surface area contributed by atoms with E-state index in [2.05, 4.69) is 5.32 Å². The maximum Gasteiger partial charge on any atom is 0.248 e. The first-order valence-electron chi connectivity index (χ1n) is 7.42. The van der Waals surface area contributed by atoms with Crippen LogP contribution in [0.4, 0.5) is 5.69 Å². The Morgan fingerprint density at radius 2 is 1.77 bits per heavy atom. The van der Waals surface area contributed by atoms with Gasteiger partial charge in [-0.3, -0.25) is 4.79 Å². The molecule has 0 saturated carbocycles. The van der Waals surface area contributed by atoms with Crippen molar-refractivity contribution in [3.8, 4) is 11.3 Å². The van der Waals surface area contributed by atoms with Gasteiger partial charge in [0.1, 0.15) is 11.5 Å². The van der Waals surface area contributed by atoms with E-state index < -0.39 is 0 Å². The first-order chi connectivity index (χ1) is 12.4. The largest absolute Gasteiger partial charge is 0.457 e. The monoisotopic (exact) mass is 425 g/mol. The Morgan fingerprint density at radius 1 is 0.962 bits per heavy atom. The number of nitrogens with one attached hydrogen (secondary N) is 1. The maximum absolute atomic E-state index is 12.0. The molecular formula is C19H11Cl4NO2. The smallest absolute Gasteiger partial charge is 0.248 e. The van der Waals surface area contributed by atoms with Crippen molar-refractivity contribution in [2.75, 3.05) is 5.32 Å². The molecule has 1 aromatic heterocycles. The van der Waals surface area contributed by atoms with Crippen LogP contribution >= 0.6 is 46.4 Å². The van der Waals surface area contributed by atoms with Gasteiger partial charge in [-0.15, -0.1) is 0 Å². The first-order valence-corrected chi connectivity index (χ1v) is 8.93. The molecule has 0 unspecified atom stereocenters. The molecule has 0 bridgehead atoms. The summed E-state index contributed by atoms with van der Waals surface area (Å²) in [5.41, 5.74) is 1.15. The van der Waals surface area contributed by atoms with E-state index in [-0.39, 0.29) is 5.91 Å². The second-order valence-electron chi connectivity index (χ2n) is 5.25. The Balaban J connectivity index is 1.72. The van der Waals surface area contributed by atoms with E-state index in [4.69, 9.17) is 50.8 Å². The van der Waals surface area contributed by atoms with Crippen molar-refractivity contribution < 1.29 is 9.21 Å². The van der Waals surface area contributed by atoms with Crippen LogP contribution in [0.3, 0.4) is 0 Å². The standard InChI is InChI=1S/C19H11Cl4NO2/c20-11-4-7-16(15(22)10-11)24-18(25)9-6-12-5-8-17(26-12)13-2-1-3-14(21)19(13)23/h1-10H,(H,24,25). The van der Waals surface area contributed by atoms with Gasteiger partial charge in [-0.1, -0.05) is 52.5 Å². The quantitative estimate of drug-likeness (QED) is 0.447. The summed E-state index contributed by atoms with van der Waals surface area (Å²) in [6.45, 7) is 0. The van der Waals surface area contributed by atoms with Gasteiger partial charge in [-0.25, -0.2) is 0 Å². The van der Waals surface area contributed by atoms with Crippen molar-refractivity contribution in [1.82, 2.24) is 0 Å². The maximum atomic E-state index is 12.0. The highest BCUT2D eigenvalue weighted by Gasteiger charge is 2.10. The van der Waals surface area contributed by atoms with Gasteiger partial charge in [-0.05, 0) is 48.5 Å². The second kappa shape index (κ2) is 8.19. The van der Waals surface area contributed by atoms with Gasteiger partial charge in [0.2, 0.25) is 5.91 Å². The second-order valence-corrected chi connectivity index (χ2v) is 6.88. The number of hydrogen-bond donors (Lipinski definition) is 1. The van der Waals surface area contributed by atoms with Gasteiger partial charge < -0.3 is 9.73 Å². The Hall–Kier alpha value is -1.91. The molecule has 1 N–H and O–H groups in total. The van der Waals surface area contributed by atoms with Gasteiger partial charge in [0.15, 0.2) is 0 Å². The Morgan fingerprint density at radius 3 is 2.54 bits per heavy atom. The number of carbonyl (C=O) groups is 1. The minimum Gasteiger partial charge on any atom is -0.457 e. The number of carbonyl (C=O) groups excluding carboxylic acids is 1. The van der Waals surface area contributed by atoms with Gasteiger partial charge in [0, 0.05) is 16.7 Å². The van der Waals surface area contributed by atoms with Crippen LogP contribution in [0.5, 0.6) is 0 Å². The van der Waals surface area contributed by atoms with Crippen LogP contribution in [0.2, 0.25) is 20.1 Å². The Kier molecular flexibility index (Phi) is 5.94. The van der Waals surface area contributed by atoms with Crippen LogP contribution in [0.1, 0.15) is 5.76 Å². The Labute approximate surface area is 170 Å². The fourth-order valence-corrected chi connectivity index (χ4v) is 3.05. The SMILES string of the molecule is O=C(C=Cc1ccc(-c2cccc(Cl)c2Cl)o1)Nc1ccc(Cl)cc1Cl. The van der Waals surface area contributed by atoms with E-state index in [1.807, 2.05) is 0 Å². The number of anilines is 1. The summed E-state index contributed by atoms with van der Waals surface area (Å²) in [6, 6.07) is 13.6. The number of amides is 1. The molecule has 0 aliphatic heterocycles. The molecular weight excluding hydrogens is 416 g/mol. The van der Waals surface area contributed by atoms with Gasteiger partial charge in [0.05, 0.1) is 20.8 Å². The lowest BCUT2D eigenvalue weighted by Gasteiger charge is -2.04. The lowest BCUT2D eigenvalue weighted by atomic mass is 10.2. The number of benzene rings is 2. The summed E-state index contributed by atoms with van der Waals surface area (Å²) in [4.78, 5) is 12.0. The average Bonchev–Trinajstić information content (AvgIpc) is 3.07. The molecule has 0 aliphatic rings. The number of halogens is 4. The van der Waals surface area contributed by atoms with Crippen molar-refractivity contribution in [3.63, 3.8) is 0 Å². The predicted molar refractivity (Wildman–Crippen MR) is 108 cm³/mol. The first kappa shape index (κ1) is 18.9. The molecule has 1 amide bonds. The van der Waals surface area contributed by atoms with Crippen molar-refractivity contribution >= 4 is 64.1 Å². The molecule has 0 radical (unpaired) electrons. The van der Waals surface area contributed by atoms with Crippen LogP contribution in [-0.2, 0) is 4.79 Å². The van der Waals surface area contributed by atoms with Crippen molar-refractivity contribution in [3.05, 3.63) is 80.5 Å². The molecule has 132 valence electrons. The van der Waals surface area contributed by atoms with Gasteiger partial charge in [0.25, 0.3) is 0 Å². The molecule has 7 heteroatoms. The molecule has 0 aliphatic carbocycles. The highest BCUT2D eigenvalue weighted by Crippen LogP contribution is 2.34. The summed E-state index contributed by atoms with van der Waals surface area (Å²) < 4.78 is 5.69. The molecule has 3 nitrogen and oxygen atoms in total. The summed E-state index contributed by atoms with van der Waals surface area (Å²) in [5.74, 6) is 0.694. The van der Waals surface area contributed by atoms with E-state index in [0.717, 1.165) is 0 Å². The number of furan rings is 1. The van der Waals surface area contributed by atoms with Crippen molar-refractivity contribution in [2.24, 2.45) is 0 Å². The minimum atomic E-state index is -0.354. The van der Waals surface area contributed by atoms with E-state index in [0.29, 0.717) is 42.9 Å². The molecule has 0 spiro atoms. The molecule has 2 aromatic carbocycles. The third-order valence-corrected chi connectivity index (χ3v) is 4.80. The van der Waals surface area contributed by atoms with Crippen LogP contribution in [0.15, 0.2) is 59.0 Å². The van der Waals surface area contributed by atoms with E-state index in [9.17, 15) is 4.79 Å². The molecule has 0 atom stereocenters. The number of rotatable bonds is 4. The van der Waals surface area contributed by atoms with E-state index in [1.165, 1.54) is 6.08 Å². The average molecular weight is 427 g/mol. The van der Waals surface area contributed by atoms with Crippen LogP contribution < -0.4 is 5.32 Å². The molecule has 26 heavy (non-hydrogen) atoms. The summed E-state index contributed by atoms with van der Waals surface area (Å²) in [6.07, 6.45) is 2.88. The fraction of sp³-hybridized carbons (Fsp3) is 0. The minimum absolute atomic E-state index is 0.354. The van der Waals surface area contributed by atoms with E-state index >= 15 is 0 Å². The summed E-state index contributed by atoms with van der Waals surface area (Å²) in [5, 5.41) is 4.37. The molecule has 3 rings (SSSR count). The fourth-order valence-electron chi connectivity index (χ4n) is 2.20. The van der Waals surface area contributed by atoms with Gasteiger partial charge in [-0.2, -0.15) is 0 Å². The highest BCUT2D eigenvalue weighted by atomic mass is 35.5. The molecule has 0 saturated heterocycles. The third-order valence-electron chi connectivity index (χ3n) is 3.43. The zero-order chi connectivity index (χ0) is 18.7. The van der Waals surface area contributed by atoms with Crippen LogP contribution in [0, 0.1) is 0 Å². The lowest BCUT2D eigenvalue weighted by molar-refractivity contribution is -0.111. The molecule has 0 fully saturated rings. The van der Waals surface area contributed by atoms with Gasteiger partial charge >= 0.3 is 0 Å². The molecule has 3 aromatic rings. The summed E-state index contributed by atoms with van der Waals surface area (Å²) in [7, 11) is 0. The predicted octanol–water partition coefficient (Wildman–Crippen LogP) is 7.21. The van der Waals surface area contributed by atoms with Crippen LogP contribution in [-0.4, -0.2) is 5.91 Å². The van der Waals surface area contributed by atoms with E-state index in [1.54, 1.807) is 54.6 Å². The van der Waals surface area contributed by atoms with Crippen molar-refractivity contribution in [1.29, 1.82) is 0 Å². The highest BCUT2D eigenvalue weighted by molar-refractivity contribution is 6.43. The number of hydrogen-bond acceptors (Lipinski definition) is 2. The molecule has 1 heterocycles. The zero-order valence-corrected chi connectivity index (χ0v) is 16.1. The zero-order valence-electron chi connectivity index (χ0n) is 13.1. The normalized spacial score (nSPS) is 11.1. The van der Waals surface area contributed by atoms with Crippen molar-refractivity contribution in [2.45, 2.75) is 0 Å². The third kappa shape index (κ3) is 4.43. The topological polar surface area (TPSA) is 42.2 Å². The summed E-state index contributed by atoms with van der Waals surface area (Å²) >= 11 is 24.0. The lowest BCUT2D eigenvalue weighted by Crippen LogP contribution is -2.07.